The second kappa shape index (κ2) is 5.82. The van der Waals surface area contributed by atoms with Gasteiger partial charge in [-0.15, -0.1) is 0 Å². The van der Waals surface area contributed by atoms with Crippen LogP contribution in [0.5, 0.6) is 0 Å². The summed E-state index contributed by atoms with van der Waals surface area (Å²) < 4.78 is 36.8. The average molecular weight is 215 g/mol. The number of halogens is 3. The number of rotatable bonds is 0. The van der Waals surface area contributed by atoms with Gasteiger partial charge < -0.3 is 14.7 Å². The summed E-state index contributed by atoms with van der Waals surface area (Å²) in [5.41, 5.74) is 0. The van der Waals surface area contributed by atoms with Gasteiger partial charge in [0.1, 0.15) is 0 Å². The van der Waals surface area contributed by atoms with Crippen LogP contribution in [-0.4, -0.2) is 55.5 Å². The summed E-state index contributed by atoms with van der Waals surface area (Å²) in [5, 5.41) is 7.12. The Balaban J connectivity index is 0.000000241. The van der Waals surface area contributed by atoms with Crippen LogP contribution in [0.3, 0.4) is 0 Å². The first-order valence-corrected chi connectivity index (χ1v) is 3.90. The Labute approximate surface area is 79.3 Å². The molecule has 1 saturated heterocycles. The van der Waals surface area contributed by atoms with Gasteiger partial charge in [0.15, 0.2) is 0 Å². The lowest BCUT2D eigenvalue weighted by atomic mass is 10.5. The summed E-state index contributed by atoms with van der Waals surface area (Å²) in [4.78, 5) is 11.2. The van der Waals surface area contributed by atoms with Crippen LogP contribution < -0.4 is 0 Å². The molecule has 1 heterocycles. The van der Waals surface area contributed by atoms with E-state index in [1.54, 1.807) is 0 Å². The lowest BCUT2D eigenvalue weighted by Crippen LogP contribution is -2.32. The second-order valence-corrected chi connectivity index (χ2v) is 2.72. The molecule has 1 fully saturated rings. The number of morpholine rings is 1. The number of nitrogens with zero attached hydrogens (tertiary/aromatic N) is 1. The number of ether oxygens (including phenoxy) is 1. The van der Waals surface area contributed by atoms with Gasteiger partial charge in [0.25, 0.3) is 0 Å². The standard InChI is InChI=1S/C5H11NO.C2HF3O2/c1-6-2-4-7-5-3-6;3-2(4,5)1(6)7/h2-5H2,1H3;(H,6,7). The van der Waals surface area contributed by atoms with Gasteiger partial charge >= 0.3 is 12.1 Å². The fourth-order valence-corrected chi connectivity index (χ4v) is 0.655. The summed E-state index contributed by atoms with van der Waals surface area (Å²) in [6.07, 6.45) is -5.08. The minimum absolute atomic E-state index is 0.913. The van der Waals surface area contributed by atoms with Crippen LogP contribution in [0.4, 0.5) is 13.2 Å². The first-order chi connectivity index (χ1) is 6.34. The van der Waals surface area contributed by atoms with Crippen molar-refractivity contribution in [2.24, 2.45) is 0 Å². The molecule has 1 aliphatic heterocycles. The lowest BCUT2D eigenvalue weighted by Gasteiger charge is -2.21. The van der Waals surface area contributed by atoms with Gasteiger partial charge in [-0.1, -0.05) is 0 Å². The van der Waals surface area contributed by atoms with Crippen molar-refractivity contribution in [1.82, 2.24) is 4.90 Å². The van der Waals surface area contributed by atoms with Crippen LogP contribution >= 0.6 is 0 Å². The van der Waals surface area contributed by atoms with E-state index in [4.69, 9.17) is 14.6 Å². The Morgan fingerprint density at radius 2 is 1.71 bits per heavy atom. The van der Waals surface area contributed by atoms with Gasteiger partial charge in [-0.05, 0) is 7.05 Å². The van der Waals surface area contributed by atoms with Crippen molar-refractivity contribution >= 4 is 5.97 Å². The number of aliphatic carboxylic acids is 1. The van der Waals surface area contributed by atoms with Crippen molar-refractivity contribution in [3.63, 3.8) is 0 Å². The van der Waals surface area contributed by atoms with E-state index in [-0.39, 0.29) is 0 Å². The predicted octanol–water partition coefficient (Wildman–Crippen LogP) is 0.582. The highest BCUT2D eigenvalue weighted by atomic mass is 19.4. The molecule has 0 saturated carbocycles. The molecule has 1 rings (SSSR count). The van der Waals surface area contributed by atoms with Gasteiger partial charge in [0, 0.05) is 13.1 Å². The molecule has 84 valence electrons. The normalized spacial score (nSPS) is 18.3. The minimum Gasteiger partial charge on any atom is -0.475 e. The molecule has 1 aliphatic rings. The molecule has 0 aliphatic carbocycles. The number of carboxylic acids is 1. The van der Waals surface area contributed by atoms with E-state index in [1.165, 1.54) is 0 Å². The average Bonchev–Trinajstić information content (AvgIpc) is 2.04. The number of hydrogen-bond donors (Lipinski definition) is 1. The maximum atomic E-state index is 10.6. The van der Waals surface area contributed by atoms with E-state index in [0.717, 1.165) is 26.3 Å². The van der Waals surface area contributed by atoms with Crippen molar-refractivity contribution in [3.8, 4) is 0 Å². The Hall–Kier alpha value is -0.820. The molecular weight excluding hydrogens is 203 g/mol. The molecule has 0 atom stereocenters. The maximum Gasteiger partial charge on any atom is 0.490 e. The third kappa shape index (κ3) is 6.67. The number of likely N-dealkylation sites (N-methyl/N-ethyl adjacent to an activating group) is 1. The highest BCUT2D eigenvalue weighted by molar-refractivity contribution is 5.73. The SMILES string of the molecule is CN1CCOCC1.O=C(O)C(F)(F)F. The second-order valence-electron chi connectivity index (χ2n) is 2.72. The predicted molar refractivity (Wildman–Crippen MR) is 42.0 cm³/mol. The zero-order valence-electron chi connectivity index (χ0n) is 7.67. The third-order valence-corrected chi connectivity index (χ3v) is 1.48. The molecule has 0 bridgehead atoms. The fraction of sp³-hybridized carbons (Fsp3) is 0.857. The smallest absolute Gasteiger partial charge is 0.475 e. The van der Waals surface area contributed by atoms with Crippen LogP contribution in [0.2, 0.25) is 0 Å². The van der Waals surface area contributed by atoms with Crippen LogP contribution in [0, 0.1) is 0 Å². The topological polar surface area (TPSA) is 49.8 Å². The van der Waals surface area contributed by atoms with Crippen LogP contribution in [-0.2, 0) is 9.53 Å². The molecule has 0 spiro atoms. The molecule has 0 radical (unpaired) electrons. The van der Waals surface area contributed by atoms with E-state index in [0.29, 0.717) is 0 Å². The van der Waals surface area contributed by atoms with Crippen molar-refractivity contribution in [2.75, 3.05) is 33.4 Å². The van der Waals surface area contributed by atoms with E-state index >= 15 is 0 Å². The van der Waals surface area contributed by atoms with Gasteiger partial charge in [-0.25, -0.2) is 4.79 Å². The first kappa shape index (κ1) is 13.2. The largest absolute Gasteiger partial charge is 0.490 e. The monoisotopic (exact) mass is 215 g/mol. The Kier molecular flexibility index (Phi) is 5.47. The minimum atomic E-state index is -5.08. The van der Waals surface area contributed by atoms with Gasteiger partial charge in [-0.3, -0.25) is 0 Å². The fourth-order valence-electron chi connectivity index (χ4n) is 0.655. The van der Waals surface area contributed by atoms with Crippen LogP contribution in [0.15, 0.2) is 0 Å². The number of carbonyl (C=O) groups is 1. The summed E-state index contributed by atoms with van der Waals surface area (Å²) in [7, 11) is 2.11. The Morgan fingerprint density at radius 3 is 1.86 bits per heavy atom. The van der Waals surface area contributed by atoms with Gasteiger partial charge in [0.05, 0.1) is 13.2 Å². The van der Waals surface area contributed by atoms with Crippen molar-refractivity contribution in [2.45, 2.75) is 6.18 Å². The lowest BCUT2D eigenvalue weighted by molar-refractivity contribution is -0.192. The quantitative estimate of drug-likeness (QED) is 0.642. The highest BCUT2D eigenvalue weighted by Gasteiger charge is 2.38. The molecule has 0 aromatic carbocycles. The van der Waals surface area contributed by atoms with Crippen molar-refractivity contribution in [1.29, 1.82) is 0 Å². The summed E-state index contributed by atoms with van der Waals surface area (Å²) in [6, 6.07) is 0. The van der Waals surface area contributed by atoms with Gasteiger partial charge in [-0.2, -0.15) is 13.2 Å². The molecule has 1 N–H and O–H groups in total. The zero-order valence-corrected chi connectivity index (χ0v) is 7.67. The molecule has 0 unspecified atom stereocenters. The number of carboxylic acid groups (broad SMARTS) is 1. The molecule has 4 nitrogen and oxygen atoms in total. The molecule has 7 heteroatoms. The van der Waals surface area contributed by atoms with E-state index in [9.17, 15) is 13.2 Å². The summed E-state index contributed by atoms with van der Waals surface area (Å²) >= 11 is 0. The Bertz CT molecular complexity index is 178. The molecular formula is C7H12F3NO3. The van der Waals surface area contributed by atoms with Crippen LogP contribution in [0.1, 0.15) is 0 Å². The molecule has 14 heavy (non-hydrogen) atoms. The van der Waals surface area contributed by atoms with Crippen molar-refractivity contribution in [3.05, 3.63) is 0 Å². The van der Waals surface area contributed by atoms with E-state index in [2.05, 4.69) is 11.9 Å². The molecule has 0 aromatic heterocycles. The van der Waals surface area contributed by atoms with Crippen LogP contribution in [0.25, 0.3) is 0 Å². The third-order valence-electron chi connectivity index (χ3n) is 1.48. The van der Waals surface area contributed by atoms with Gasteiger partial charge in [0.2, 0.25) is 0 Å². The summed E-state index contributed by atoms with van der Waals surface area (Å²) in [5.74, 6) is -2.76. The first-order valence-electron chi connectivity index (χ1n) is 3.90. The molecule has 0 amide bonds. The zero-order chi connectivity index (χ0) is 11.2. The van der Waals surface area contributed by atoms with Crippen molar-refractivity contribution < 1.29 is 27.8 Å². The Morgan fingerprint density at radius 1 is 1.36 bits per heavy atom. The number of alkyl halides is 3. The van der Waals surface area contributed by atoms with E-state index in [1.807, 2.05) is 0 Å². The number of hydrogen-bond acceptors (Lipinski definition) is 3. The van der Waals surface area contributed by atoms with E-state index < -0.39 is 12.1 Å². The maximum absolute atomic E-state index is 10.6. The summed E-state index contributed by atoms with van der Waals surface area (Å²) in [6.45, 7) is 4.02. The highest BCUT2D eigenvalue weighted by Crippen LogP contribution is 2.13. The molecule has 0 aromatic rings.